The molecule has 1 aliphatic carbocycles. The molecule has 1 N–H and O–H groups in total. The van der Waals surface area contributed by atoms with Gasteiger partial charge in [0.15, 0.2) is 0 Å². The number of carbonyl (C=O) groups is 2. The lowest BCUT2D eigenvalue weighted by molar-refractivity contribution is -0.132. The average Bonchev–Trinajstić information content (AvgIpc) is 2.67. The van der Waals surface area contributed by atoms with E-state index in [-0.39, 0.29) is 18.5 Å². The van der Waals surface area contributed by atoms with Gasteiger partial charge in [-0.25, -0.2) is 4.79 Å². The molecule has 2 fully saturated rings. The van der Waals surface area contributed by atoms with Crippen LogP contribution in [0.2, 0.25) is 10.0 Å². The van der Waals surface area contributed by atoms with Crippen LogP contribution in [0.5, 0.6) is 0 Å². The van der Waals surface area contributed by atoms with Crippen LogP contribution in [0.3, 0.4) is 0 Å². The topological polar surface area (TPSA) is 49.4 Å². The van der Waals surface area contributed by atoms with Gasteiger partial charge in [0.2, 0.25) is 0 Å². The lowest BCUT2D eigenvalue weighted by Crippen LogP contribution is -2.48. The highest BCUT2D eigenvalue weighted by molar-refractivity contribution is 6.36. The van der Waals surface area contributed by atoms with Crippen LogP contribution in [0.1, 0.15) is 37.7 Å². The monoisotopic (exact) mass is 326 g/mol. The molecule has 1 aliphatic heterocycles. The van der Waals surface area contributed by atoms with Crippen LogP contribution in [-0.4, -0.2) is 22.4 Å². The number of urea groups is 1. The van der Waals surface area contributed by atoms with Crippen LogP contribution in [0.25, 0.3) is 0 Å². The summed E-state index contributed by atoms with van der Waals surface area (Å²) < 4.78 is 0. The number of benzene rings is 1. The van der Waals surface area contributed by atoms with Crippen molar-refractivity contribution in [3.63, 3.8) is 0 Å². The summed E-state index contributed by atoms with van der Waals surface area (Å²) in [6.45, 7) is 0.116. The van der Waals surface area contributed by atoms with Gasteiger partial charge < -0.3 is 5.32 Å². The van der Waals surface area contributed by atoms with Crippen LogP contribution in [0.15, 0.2) is 18.2 Å². The van der Waals surface area contributed by atoms with Crippen molar-refractivity contribution in [1.82, 2.24) is 10.2 Å². The Balaban J connectivity index is 1.86. The number of imide groups is 1. The van der Waals surface area contributed by atoms with E-state index in [4.69, 9.17) is 23.2 Å². The maximum Gasteiger partial charge on any atom is 0.325 e. The molecule has 1 heterocycles. The maximum atomic E-state index is 12.7. The van der Waals surface area contributed by atoms with Crippen LogP contribution >= 0.6 is 23.2 Å². The van der Waals surface area contributed by atoms with Crippen molar-refractivity contribution in [2.24, 2.45) is 0 Å². The van der Waals surface area contributed by atoms with Gasteiger partial charge in [-0.1, -0.05) is 48.5 Å². The quantitative estimate of drug-likeness (QED) is 0.841. The minimum atomic E-state index is -0.705. The zero-order valence-electron chi connectivity index (χ0n) is 11.5. The molecule has 1 aromatic carbocycles. The second-order valence-electron chi connectivity index (χ2n) is 5.66. The van der Waals surface area contributed by atoms with Gasteiger partial charge in [-0.3, -0.25) is 9.69 Å². The van der Waals surface area contributed by atoms with E-state index in [1.807, 2.05) is 0 Å². The predicted octanol–water partition coefficient (Wildman–Crippen LogP) is 3.75. The Morgan fingerprint density at radius 2 is 1.71 bits per heavy atom. The summed E-state index contributed by atoms with van der Waals surface area (Å²) in [5.41, 5.74) is -0.0968. The second-order valence-corrected chi connectivity index (χ2v) is 6.48. The Hall–Kier alpha value is -1.26. The molecular weight excluding hydrogens is 311 g/mol. The van der Waals surface area contributed by atoms with Crippen LogP contribution in [0.4, 0.5) is 4.79 Å². The van der Waals surface area contributed by atoms with Gasteiger partial charge >= 0.3 is 6.03 Å². The number of rotatable bonds is 2. The van der Waals surface area contributed by atoms with Crippen molar-refractivity contribution in [3.8, 4) is 0 Å². The van der Waals surface area contributed by atoms with Crippen molar-refractivity contribution in [2.75, 3.05) is 0 Å². The first-order valence-electron chi connectivity index (χ1n) is 7.10. The molecular formula is C15H16Cl2N2O2. The lowest BCUT2D eigenvalue weighted by atomic mass is 9.82. The van der Waals surface area contributed by atoms with Gasteiger partial charge in [-0.05, 0) is 25.0 Å². The predicted molar refractivity (Wildman–Crippen MR) is 81.4 cm³/mol. The summed E-state index contributed by atoms with van der Waals surface area (Å²) in [4.78, 5) is 26.1. The lowest BCUT2D eigenvalue weighted by Gasteiger charge is -2.30. The van der Waals surface area contributed by atoms with E-state index in [1.54, 1.807) is 18.2 Å². The minimum absolute atomic E-state index is 0.116. The van der Waals surface area contributed by atoms with Gasteiger partial charge in [0.25, 0.3) is 5.91 Å². The number of hydrogen-bond donors (Lipinski definition) is 1. The number of carbonyl (C=O) groups excluding carboxylic acids is 2. The molecule has 0 bridgehead atoms. The number of amides is 3. The number of nitrogens with one attached hydrogen (secondary N) is 1. The summed E-state index contributed by atoms with van der Waals surface area (Å²) in [5.74, 6) is -0.150. The standard InChI is InChI=1S/C15H16Cl2N2O2/c16-11-5-4-6-12(17)10(11)9-19-13(20)15(18-14(19)21)7-2-1-3-8-15/h4-6H,1-3,7-9H2,(H,18,21). The van der Waals surface area contributed by atoms with Gasteiger partial charge in [0.05, 0.1) is 6.54 Å². The van der Waals surface area contributed by atoms with Crippen molar-refractivity contribution in [2.45, 2.75) is 44.2 Å². The van der Waals surface area contributed by atoms with Gasteiger partial charge in [-0.2, -0.15) is 0 Å². The number of halogens is 2. The van der Waals surface area contributed by atoms with E-state index in [0.717, 1.165) is 19.3 Å². The Morgan fingerprint density at radius 3 is 2.33 bits per heavy atom. The molecule has 0 unspecified atom stereocenters. The molecule has 6 heteroatoms. The molecule has 1 aromatic rings. The summed E-state index contributed by atoms with van der Waals surface area (Å²) in [6.07, 6.45) is 4.47. The zero-order chi connectivity index (χ0) is 15.0. The molecule has 1 saturated carbocycles. The van der Waals surface area contributed by atoms with Crippen molar-refractivity contribution in [3.05, 3.63) is 33.8 Å². The fourth-order valence-electron chi connectivity index (χ4n) is 3.16. The molecule has 3 amide bonds. The molecule has 1 spiro atoms. The zero-order valence-corrected chi connectivity index (χ0v) is 13.0. The third-order valence-corrected chi connectivity index (χ3v) is 5.04. The molecule has 0 radical (unpaired) electrons. The summed E-state index contributed by atoms with van der Waals surface area (Å²) in [7, 11) is 0. The van der Waals surface area contributed by atoms with E-state index >= 15 is 0 Å². The smallest absolute Gasteiger partial charge is 0.323 e. The molecule has 112 valence electrons. The van der Waals surface area contributed by atoms with Crippen LogP contribution in [-0.2, 0) is 11.3 Å². The third kappa shape index (κ3) is 2.51. The number of hydrogen-bond acceptors (Lipinski definition) is 2. The van der Waals surface area contributed by atoms with Crippen molar-refractivity contribution < 1.29 is 9.59 Å². The Labute approximate surface area is 133 Å². The normalized spacial score (nSPS) is 21.0. The fraction of sp³-hybridized carbons (Fsp3) is 0.467. The summed E-state index contributed by atoms with van der Waals surface area (Å²) in [6, 6.07) is 4.80. The minimum Gasteiger partial charge on any atom is -0.323 e. The SMILES string of the molecule is O=C1NC2(CCCCC2)C(=O)N1Cc1c(Cl)cccc1Cl. The molecule has 2 aliphatic rings. The third-order valence-electron chi connectivity index (χ3n) is 4.33. The van der Waals surface area contributed by atoms with Gasteiger partial charge in [0.1, 0.15) is 5.54 Å². The first-order chi connectivity index (χ1) is 10.0. The maximum absolute atomic E-state index is 12.7. The summed E-state index contributed by atoms with van der Waals surface area (Å²) >= 11 is 12.3. The first kappa shape index (κ1) is 14.7. The molecule has 0 atom stereocenters. The van der Waals surface area contributed by atoms with Crippen molar-refractivity contribution in [1.29, 1.82) is 0 Å². The van der Waals surface area contributed by atoms with Crippen LogP contribution in [0, 0.1) is 0 Å². The molecule has 1 saturated heterocycles. The van der Waals surface area contributed by atoms with Crippen LogP contribution < -0.4 is 5.32 Å². The van der Waals surface area contributed by atoms with E-state index in [9.17, 15) is 9.59 Å². The molecule has 0 aromatic heterocycles. The average molecular weight is 327 g/mol. The Morgan fingerprint density at radius 1 is 1.10 bits per heavy atom. The van der Waals surface area contributed by atoms with E-state index in [1.165, 1.54) is 4.90 Å². The largest absolute Gasteiger partial charge is 0.325 e. The Kier molecular flexibility index (Phi) is 3.84. The van der Waals surface area contributed by atoms with Gasteiger partial charge in [0, 0.05) is 15.6 Å². The second kappa shape index (κ2) is 5.50. The highest BCUT2D eigenvalue weighted by Gasteiger charge is 2.51. The van der Waals surface area contributed by atoms with Gasteiger partial charge in [-0.15, -0.1) is 0 Å². The van der Waals surface area contributed by atoms with E-state index in [2.05, 4.69) is 5.32 Å². The molecule has 21 heavy (non-hydrogen) atoms. The number of nitrogens with zero attached hydrogens (tertiary/aromatic N) is 1. The first-order valence-corrected chi connectivity index (χ1v) is 7.86. The fourth-order valence-corrected chi connectivity index (χ4v) is 3.67. The molecule has 3 rings (SSSR count). The highest BCUT2D eigenvalue weighted by atomic mass is 35.5. The van der Waals surface area contributed by atoms with E-state index < -0.39 is 5.54 Å². The van der Waals surface area contributed by atoms with Crippen molar-refractivity contribution >= 4 is 35.1 Å². The molecule has 4 nitrogen and oxygen atoms in total. The summed E-state index contributed by atoms with van der Waals surface area (Å²) in [5, 5.41) is 3.81. The highest BCUT2D eigenvalue weighted by Crippen LogP contribution is 2.35. The Bertz CT molecular complexity index is 577. The van der Waals surface area contributed by atoms with E-state index in [0.29, 0.717) is 28.5 Å².